The molecule has 0 spiro atoms. The lowest BCUT2D eigenvalue weighted by Gasteiger charge is -2.38. The molecule has 0 bridgehead atoms. The van der Waals surface area contributed by atoms with Gasteiger partial charge in [0.25, 0.3) is 0 Å². The minimum absolute atomic E-state index is 0.221. The quantitative estimate of drug-likeness (QED) is 0.920. The minimum atomic E-state index is -0.690. The van der Waals surface area contributed by atoms with Crippen LogP contribution in [0.2, 0.25) is 0 Å². The summed E-state index contributed by atoms with van der Waals surface area (Å²) >= 11 is 0. The summed E-state index contributed by atoms with van der Waals surface area (Å²) in [5.41, 5.74) is 1.22. The first-order valence-electron chi connectivity index (χ1n) is 7.35. The fourth-order valence-electron chi connectivity index (χ4n) is 3.54. The molecule has 20 heavy (non-hydrogen) atoms. The van der Waals surface area contributed by atoms with Crippen LogP contribution in [0.3, 0.4) is 0 Å². The van der Waals surface area contributed by atoms with E-state index in [1.165, 1.54) is 5.56 Å². The maximum Gasteiger partial charge on any atom is 0.321 e. The van der Waals surface area contributed by atoms with Gasteiger partial charge in [-0.15, -0.1) is 0 Å². The Morgan fingerprint density at radius 1 is 1.45 bits per heavy atom. The van der Waals surface area contributed by atoms with Crippen LogP contribution in [0, 0.1) is 5.92 Å². The van der Waals surface area contributed by atoms with Gasteiger partial charge in [0.15, 0.2) is 0 Å². The number of carboxylic acids is 1. The highest BCUT2D eigenvalue weighted by molar-refractivity contribution is 5.74. The van der Waals surface area contributed by atoms with E-state index in [4.69, 9.17) is 4.74 Å². The molecule has 1 aromatic carbocycles. The van der Waals surface area contributed by atoms with E-state index in [9.17, 15) is 9.90 Å². The Balaban J connectivity index is 1.75. The van der Waals surface area contributed by atoms with Crippen molar-refractivity contribution in [2.75, 3.05) is 19.7 Å². The maximum absolute atomic E-state index is 11.5. The van der Waals surface area contributed by atoms with Crippen LogP contribution >= 0.6 is 0 Å². The van der Waals surface area contributed by atoms with E-state index in [0.717, 1.165) is 31.7 Å². The average molecular weight is 275 g/mol. The summed E-state index contributed by atoms with van der Waals surface area (Å²) in [4.78, 5) is 13.7. The largest absolute Gasteiger partial charge is 0.493 e. The molecule has 1 saturated heterocycles. The molecule has 3 atom stereocenters. The molecule has 1 aromatic rings. The van der Waals surface area contributed by atoms with Gasteiger partial charge in [0, 0.05) is 18.0 Å². The highest BCUT2D eigenvalue weighted by atomic mass is 16.5. The second-order valence-electron chi connectivity index (χ2n) is 5.94. The summed E-state index contributed by atoms with van der Waals surface area (Å²) in [5.74, 6) is 0.774. The van der Waals surface area contributed by atoms with Gasteiger partial charge >= 0.3 is 5.97 Å². The number of hydrogen-bond acceptors (Lipinski definition) is 3. The molecule has 0 radical (unpaired) electrons. The number of rotatable bonds is 3. The second kappa shape index (κ2) is 5.44. The number of fused-ring (bicyclic) bond motifs is 1. The third kappa shape index (κ3) is 2.40. The zero-order chi connectivity index (χ0) is 14.1. The van der Waals surface area contributed by atoms with E-state index in [0.29, 0.717) is 12.5 Å². The van der Waals surface area contributed by atoms with Crippen LogP contribution in [0.4, 0.5) is 0 Å². The molecular weight excluding hydrogens is 254 g/mol. The van der Waals surface area contributed by atoms with E-state index in [-0.39, 0.29) is 12.0 Å². The summed E-state index contributed by atoms with van der Waals surface area (Å²) in [7, 11) is 0. The van der Waals surface area contributed by atoms with Gasteiger partial charge < -0.3 is 9.84 Å². The molecule has 2 aliphatic heterocycles. The lowest BCUT2D eigenvalue weighted by molar-refractivity contribution is -0.147. The van der Waals surface area contributed by atoms with Crippen molar-refractivity contribution in [3.05, 3.63) is 29.8 Å². The van der Waals surface area contributed by atoms with E-state index in [2.05, 4.69) is 11.0 Å². The number of likely N-dealkylation sites (tertiary alicyclic amines) is 1. The fourth-order valence-corrected chi connectivity index (χ4v) is 3.54. The lowest BCUT2D eigenvalue weighted by Crippen LogP contribution is -2.50. The Labute approximate surface area is 119 Å². The smallest absolute Gasteiger partial charge is 0.321 e. The summed E-state index contributed by atoms with van der Waals surface area (Å²) in [6, 6.07) is 7.73. The standard InChI is InChI=1S/C16H21NO3/c1-11-5-4-8-17(15(11)16(18)19)9-12-10-20-14-7-3-2-6-13(12)14/h2-3,6-7,11-12,15H,4-5,8-10H2,1H3,(H,18,19). The van der Waals surface area contributed by atoms with Crippen LogP contribution in [0.5, 0.6) is 5.75 Å². The molecule has 2 aliphatic rings. The molecule has 3 rings (SSSR count). The second-order valence-corrected chi connectivity index (χ2v) is 5.94. The molecule has 2 heterocycles. The van der Waals surface area contributed by atoms with Gasteiger partial charge in [-0.1, -0.05) is 25.1 Å². The van der Waals surface area contributed by atoms with Crippen molar-refractivity contribution in [1.82, 2.24) is 4.90 Å². The molecule has 0 aromatic heterocycles. The van der Waals surface area contributed by atoms with Crippen LogP contribution in [0.25, 0.3) is 0 Å². The number of nitrogens with zero attached hydrogens (tertiary/aromatic N) is 1. The van der Waals surface area contributed by atoms with Gasteiger partial charge in [-0.3, -0.25) is 9.69 Å². The van der Waals surface area contributed by atoms with Crippen LogP contribution in [0.1, 0.15) is 31.2 Å². The first kappa shape index (κ1) is 13.4. The van der Waals surface area contributed by atoms with E-state index >= 15 is 0 Å². The molecule has 1 N–H and O–H groups in total. The van der Waals surface area contributed by atoms with Crippen molar-refractivity contribution in [2.45, 2.75) is 31.7 Å². The summed E-state index contributed by atoms with van der Waals surface area (Å²) in [5, 5.41) is 9.48. The molecule has 0 saturated carbocycles. The molecule has 3 unspecified atom stereocenters. The average Bonchev–Trinajstić information content (AvgIpc) is 2.82. The first-order valence-corrected chi connectivity index (χ1v) is 7.35. The fraction of sp³-hybridized carbons (Fsp3) is 0.562. The van der Waals surface area contributed by atoms with Crippen LogP contribution < -0.4 is 4.74 Å². The number of ether oxygens (including phenoxy) is 1. The molecular formula is C16H21NO3. The number of para-hydroxylation sites is 1. The van der Waals surface area contributed by atoms with Crippen molar-refractivity contribution in [3.8, 4) is 5.75 Å². The summed E-state index contributed by atoms with van der Waals surface area (Å²) in [6.45, 7) is 4.36. The number of carboxylic acid groups (broad SMARTS) is 1. The lowest BCUT2D eigenvalue weighted by atomic mass is 9.89. The third-order valence-corrected chi connectivity index (χ3v) is 4.54. The Hall–Kier alpha value is -1.55. The highest BCUT2D eigenvalue weighted by Crippen LogP contribution is 2.35. The molecule has 1 fully saturated rings. The molecule has 0 amide bonds. The van der Waals surface area contributed by atoms with E-state index < -0.39 is 5.97 Å². The van der Waals surface area contributed by atoms with Crippen LogP contribution in [-0.2, 0) is 4.79 Å². The van der Waals surface area contributed by atoms with Crippen LogP contribution in [-0.4, -0.2) is 41.7 Å². The maximum atomic E-state index is 11.5. The number of hydrogen-bond donors (Lipinski definition) is 1. The number of carbonyl (C=O) groups is 1. The Morgan fingerprint density at radius 2 is 2.25 bits per heavy atom. The van der Waals surface area contributed by atoms with Gasteiger partial charge in [-0.25, -0.2) is 0 Å². The molecule has 108 valence electrons. The van der Waals surface area contributed by atoms with Crippen molar-refractivity contribution in [1.29, 1.82) is 0 Å². The van der Waals surface area contributed by atoms with Gasteiger partial charge in [-0.05, 0) is 31.4 Å². The molecule has 4 nitrogen and oxygen atoms in total. The first-order chi connectivity index (χ1) is 9.66. The Morgan fingerprint density at radius 3 is 3.05 bits per heavy atom. The summed E-state index contributed by atoms with van der Waals surface area (Å²) in [6.07, 6.45) is 2.09. The predicted molar refractivity (Wildman–Crippen MR) is 76.1 cm³/mol. The van der Waals surface area contributed by atoms with Crippen molar-refractivity contribution < 1.29 is 14.6 Å². The minimum Gasteiger partial charge on any atom is -0.493 e. The zero-order valence-electron chi connectivity index (χ0n) is 11.8. The van der Waals surface area contributed by atoms with Gasteiger partial charge in [0.1, 0.15) is 11.8 Å². The Bertz CT molecular complexity index is 502. The molecule has 0 aliphatic carbocycles. The van der Waals surface area contributed by atoms with Crippen molar-refractivity contribution >= 4 is 5.97 Å². The van der Waals surface area contributed by atoms with E-state index in [1.54, 1.807) is 0 Å². The normalized spacial score (nSPS) is 29.8. The number of benzene rings is 1. The number of aliphatic carboxylic acids is 1. The number of piperidine rings is 1. The highest BCUT2D eigenvalue weighted by Gasteiger charge is 2.36. The monoisotopic (exact) mass is 275 g/mol. The van der Waals surface area contributed by atoms with Crippen LogP contribution in [0.15, 0.2) is 24.3 Å². The SMILES string of the molecule is CC1CCCN(CC2COc3ccccc32)C1C(=O)O. The third-order valence-electron chi connectivity index (χ3n) is 4.54. The predicted octanol–water partition coefficient (Wildman–Crippen LogP) is 2.35. The molecule has 4 heteroatoms. The summed E-state index contributed by atoms with van der Waals surface area (Å²) < 4.78 is 5.70. The van der Waals surface area contributed by atoms with Crippen molar-refractivity contribution in [2.24, 2.45) is 5.92 Å². The zero-order valence-corrected chi connectivity index (χ0v) is 11.8. The topological polar surface area (TPSA) is 49.8 Å². The van der Waals surface area contributed by atoms with E-state index in [1.807, 2.05) is 25.1 Å². The van der Waals surface area contributed by atoms with Gasteiger partial charge in [0.05, 0.1) is 6.61 Å². The van der Waals surface area contributed by atoms with Gasteiger partial charge in [-0.2, -0.15) is 0 Å². The van der Waals surface area contributed by atoms with Gasteiger partial charge in [0.2, 0.25) is 0 Å². The Kier molecular flexibility index (Phi) is 3.66. The van der Waals surface area contributed by atoms with Crippen molar-refractivity contribution in [3.63, 3.8) is 0 Å².